The molecule has 0 unspecified atom stereocenters. The maximum absolute atomic E-state index is 14.1. The van der Waals surface area contributed by atoms with Crippen LogP contribution in [0.25, 0.3) is 11.3 Å². The minimum atomic E-state index is -4.92. The zero-order chi connectivity index (χ0) is 18.7. The Labute approximate surface area is 143 Å². The van der Waals surface area contributed by atoms with Crippen LogP contribution >= 0.6 is 0 Å². The molecule has 8 nitrogen and oxygen atoms in total. The zero-order valence-corrected chi connectivity index (χ0v) is 13.2. The molecule has 12 heteroatoms. The van der Waals surface area contributed by atoms with Crippen LogP contribution in [0.15, 0.2) is 22.8 Å². The van der Waals surface area contributed by atoms with E-state index in [4.69, 9.17) is 4.74 Å². The number of nitrogens with one attached hydrogen (secondary N) is 1. The summed E-state index contributed by atoms with van der Waals surface area (Å²) in [6.45, 7) is 2.18. The molecule has 0 fully saturated rings. The van der Waals surface area contributed by atoms with Crippen LogP contribution in [0.5, 0.6) is 11.6 Å². The number of ether oxygens (including phenoxy) is 2. The summed E-state index contributed by atoms with van der Waals surface area (Å²) in [5.41, 5.74) is -0.0178. The highest BCUT2D eigenvalue weighted by Gasteiger charge is 2.31. The number of fused-ring (bicyclic) bond motifs is 1. The first-order valence-corrected chi connectivity index (χ1v) is 7.31. The van der Waals surface area contributed by atoms with Crippen LogP contribution < -0.4 is 14.8 Å². The number of alkyl halides is 3. The fourth-order valence-corrected chi connectivity index (χ4v) is 1.93. The lowest BCUT2D eigenvalue weighted by atomic mass is 10.3. The van der Waals surface area contributed by atoms with E-state index < -0.39 is 17.9 Å². The Kier molecular flexibility index (Phi) is 4.73. The minimum absolute atomic E-state index is 0.00467. The van der Waals surface area contributed by atoms with Crippen molar-refractivity contribution in [2.24, 2.45) is 0 Å². The maximum Gasteiger partial charge on any atom is 0.573 e. The highest BCUT2D eigenvalue weighted by Crippen LogP contribution is 2.30. The third-order valence-electron chi connectivity index (χ3n) is 2.95. The molecule has 0 amide bonds. The van der Waals surface area contributed by atoms with Gasteiger partial charge in [-0.05, 0) is 28.9 Å². The Bertz CT molecular complexity index is 915. The Morgan fingerprint density at radius 2 is 1.88 bits per heavy atom. The molecule has 1 aromatic carbocycles. The average Bonchev–Trinajstić information content (AvgIpc) is 3.00. The summed E-state index contributed by atoms with van der Waals surface area (Å²) in [5.74, 6) is -1.66. The minimum Gasteiger partial charge on any atom is -0.475 e. The van der Waals surface area contributed by atoms with Crippen LogP contribution in [0.1, 0.15) is 13.3 Å². The molecular weight excluding hydrogens is 362 g/mol. The van der Waals surface area contributed by atoms with E-state index in [0.29, 0.717) is 19.1 Å². The van der Waals surface area contributed by atoms with Crippen LogP contribution in [-0.2, 0) is 0 Å². The molecule has 26 heavy (non-hydrogen) atoms. The topological polar surface area (TPSA) is 95.2 Å². The van der Waals surface area contributed by atoms with Gasteiger partial charge in [0.05, 0.1) is 12.3 Å². The van der Waals surface area contributed by atoms with Crippen LogP contribution in [0.2, 0.25) is 0 Å². The van der Waals surface area contributed by atoms with Crippen molar-refractivity contribution >= 4 is 22.8 Å². The standard InChI is InChI=1S/C14H11F4N5O3/c1-2-5-24-13-12(20-10-11(21-13)23-26-22-10)19-9-4-3-7(6-8(9)15)25-14(16,17)18/h3-4,6H,2,5H2,1H3,(H,19,20,22). The number of hydrogen-bond donors (Lipinski definition) is 1. The van der Waals surface area contributed by atoms with Crippen molar-refractivity contribution in [2.75, 3.05) is 11.9 Å². The smallest absolute Gasteiger partial charge is 0.475 e. The van der Waals surface area contributed by atoms with Gasteiger partial charge in [-0.25, -0.2) is 9.02 Å². The molecule has 3 rings (SSSR count). The molecule has 0 aliphatic rings. The van der Waals surface area contributed by atoms with Crippen molar-refractivity contribution in [1.29, 1.82) is 0 Å². The lowest BCUT2D eigenvalue weighted by molar-refractivity contribution is -0.274. The fraction of sp³-hybridized carbons (Fsp3) is 0.286. The fourth-order valence-electron chi connectivity index (χ4n) is 1.93. The van der Waals surface area contributed by atoms with E-state index in [1.165, 1.54) is 0 Å². The van der Waals surface area contributed by atoms with Gasteiger partial charge in [0, 0.05) is 6.07 Å². The van der Waals surface area contributed by atoms with E-state index >= 15 is 0 Å². The summed E-state index contributed by atoms with van der Waals surface area (Å²) in [7, 11) is 0. The number of aromatic nitrogens is 4. The van der Waals surface area contributed by atoms with Crippen molar-refractivity contribution in [3.63, 3.8) is 0 Å². The largest absolute Gasteiger partial charge is 0.573 e. The molecule has 2 heterocycles. The molecule has 0 aliphatic heterocycles. The van der Waals surface area contributed by atoms with Crippen LogP contribution in [0, 0.1) is 5.82 Å². The molecule has 0 saturated heterocycles. The van der Waals surface area contributed by atoms with Crippen LogP contribution in [-0.4, -0.2) is 33.3 Å². The van der Waals surface area contributed by atoms with Gasteiger partial charge in [0.2, 0.25) is 11.3 Å². The van der Waals surface area contributed by atoms with Crippen molar-refractivity contribution in [1.82, 2.24) is 20.3 Å². The van der Waals surface area contributed by atoms with E-state index in [9.17, 15) is 17.6 Å². The normalized spacial score (nSPS) is 11.6. The summed E-state index contributed by atoms with van der Waals surface area (Å²) >= 11 is 0. The van der Waals surface area contributed by atoms with Gasteiger partial charge in [0.1, 0.15) is 11.6 Å². The molecule has 0 aliphatic carbocycles. The van der Waals surface area contributed by atoms with E-state index in [-0.39, 0.29) is 28.7 Å². The molecule has 138 valence electrons. The maximum atomic E-state index is 14.1. The van der Waals surface area contributed by atoms with Gasteiger partial charge in [0.25, 0.3) is 5.88 Å². The lowest BCUT2D eigenvalue weighted by Crippen LogP contribution is -2.17. The van der Waals surface area contributed by atoms with Crippen molar-refractivity contribution in [2.45, 2.75) is 19.7 Å². The Balaban J connectivity index is 1.89. The van der Waals surface area contributed by atoms with Crippen LogP contribution in [0.4, 0.5) is 29.1 Å². The summed E-state index contributed by atoms with van der Waals surface area (Å²) in [4.78, 5) is 8.12. The van der Waals surface area contributed by atoms with Crippen molar-refractivity contribution in [3.8, 4) is 11.6 Å². The summed E-state index contributed by atoms with van der Waals surface area (Å²) < 4.78 is 64.3. The molecule has 0 radical (unpaired) electrons. The highest BCUT2D eigenvalue weighted by atomic mass is 19.4. The Hall–Kier alpha value is -3.18. The molecule has 3 aromatic rings. The highest BCUT2D eigenvalue weighted by molar-refractivity contribution is 5.71. The quantitative estimate of drug-likeness (QED) is 0.655. The molecule has 1 N–H and O–H groups in total. The first kappa shape index (κ1) is 17.6. The molecule has 2 aromatic heterocycles. The number of halogens is 4. The number of anilines is 2. The van der Waals surface area contributed by atoms with E-state index in [1.54, 1.807) is 0 Å². The van der Waals surface area contributed by atoms with Gasteiger partial charge in [0.15, 0.2) is 5.82 Å². The number of nitrogens with zero attached hydrogens (tertiary/aromatic N) is 4. The van der Waals surface area contributed by atoms with Crippen molar-refractivity contribution < 1.29 is 31.7 Å². The number of hydrogen-bond acceptors (Lipinski definition) is 8. The third kappa shape index (κ3) is 4.07. The van der Waals surface area contributed by atoms with E-state index in [2.05, 4.69) is 35.0 Å². The van der Waals surface area contributed by atoms with Gasteiger partial charge in [-0.15, -0.1) is 13.2 Å². The van der Waals surface area contributed by atoms with Crippen LogP contribution in [0.3, 0.4) is 0 Å². The van der Waals surface area contributed by atoms with Gasteiger partial charge < -0.3 is 14.8 Å². The lowest BCUT2D eigenvalue weighted by Gasteiger charge is -2.13. The average molecular weight is 373 g/mol. The second kappa shape index (κ2) is 6.98. The number of benzene rings is 1. The van der Waals surface area contributed by atoms with E-state index in [1.807, 2.05) is 6.92 Å². The number of rotatable bonds is 6. The summed E-state index contributed by atoms with van der Waals surface area (Å²) in [5, 5.41) is 9.66. The molecule has 0 spiro atoms. The molecular formula is C14H11F4N5O3. The SMILES string of the molecule is CCCOc1nc2nonc2nc1Nc1ccc(OC(F)(F)F)cc1F. The summed E-state index contributed by atoms with van der Waals surface area (Å²) in [6.07, 6.45) is -4.24. The second-order valence-corrected chi connectivity index (χ2v) is 4.95. The monoisotopic (exact) mass is 373 g/mol. The first-order chi connectivity index (χ1) is 12.4. The van der Waals surface area contributed by atoms with Gasteiger partial charge in [-0.1, -0.05) is 6.92 Å². The first-order valence-electron chi connectivity index (χ1n) is 7.31. The second-order valence-electron chi connectivity index (χ2n) is 4.95. The summed E-state index contributed by atoms with van der Waals surface area (Å²) in [6, 6.07) is 2.61. The predicted octanol–water partition coefficient (Wildman–Crippen LogP) is 3.58. The third-order valence-corrected chi connectivity index (χ3v) is 2.95. The van der Waals surface area contributed by atoms with Gasteiger partial charge in [-0.3, -0.25) is 0 Å². The van der Waals surface area contributed by atoms with Gasteiger partial charge in [-0.2, -0.15) is 9.97 Å². The molecule has 0 bridgehead atoms. The van der Waals surface area contributed by atoms with E-state index in [0.717, 1.165) is 12.1 Å². The predicted molar refractivity (Wildman–Crippen MR) is 79.5 cm³/mol. The van der Waals surface area contributed by atoms with Gasteiger partial charge >= 0.3 is 6.36 Å². The molecule has 0 saturated carbocycles. The Morgan fingerprint density at radius 1 is 1.15 bits per heavy atom. The van der Waals surface area contributed by atoms with Crippen molar-refractivity contribution in [3.05, 3.63) is 24.0 Å². The Morgan fingerprint density at radius 3 is 2.54 bits per heavy atom. The molecule has 0 atom stereocenters. The zero-order valence-electron chi connectivity index (χ0n) is 13.2.